The molecule has 0 amide bonds. The van der Waals surface area contributed by atoms with Crippen molar-refractivity contribution in [3.8, 4) is 0 Å². The van der Waals surface area contributed by atoms with E-state index in [0.29, 0.717) is 12.7 Å². The van der Waals surface area contributed by atoms with Crippen molar-refractivity contribution in [3.63, 3.8) is 0 Å². The molecule has 3 heteroatoms. The minimum absolute atomic E-state index is 0.304. The fourth-order valence-electron chi connectivity index (χ4n) is 1.64. The Morgan fingerprint density at radius 3 is 2.19 bits per heavy atom. The van der Waals surface area contributed by atoms with Crippen molar-refractivity contribution in [1.29, 1.82) is 0 Å². The minimum Gasteiger partial charge on any atom is -0.370 e. The van der Waals surface area contributed by atoms with Crippen LogP contribution in [0.3, 0.4) is 0 Å². The second-order valence-electron chi connectivity index (χ2n) is 4.54. The summed E-state index contributed by atoms with van der Waals surface area (Å²) in [6.45, 7) is 4.41. The van der Waals surface area contributed by atoms with Crippen LogP contribution in [-0.2, 0) is 14.5 Å². The topological polar surface area (TPSA) is 31.0 Å². The van der Waals surface area contributed by atoms with Crippen molar-refractivity contribution in [3.05, 3.63) is 0 Å². The van der Waals surface area contributed by atoms with Crippen LogP contribution in [0.1, 0.15) is 58.3 Å². The van der Waals surface area contributed by atoms with Crippen molar-refractivity contribution < 1.29 is 14.5 Å². The van der Waals surface area contributed by atoms with Gasteiger partial charge in [0, 0.05) is 0 Å². The highest BCUT2D eigenvalue weighted by molar-refractivity contribution is 4.65. The lowest BCUT2D eigenvalue weighted by molar-refractivity contribution is -0.296. The average molecular weight is 230 g/mol. The predicted octanol–water partition coefficient (Wildman–Crippen LogP) is 3.47. The van der Waals surface area contributed by atoms with Crippen LogP contribution < -0.4 is 0 Å². The molecule has 1 unspecified atom stereocenters. The first-order valence-electron chi connectivity index (χ1n) is 6.79. The third-order valence-electron chi connectivity index (χ3n) is 2.82. The monoisotopic (exact) mass is 230 g/mol. The van der Waals surface area contributed by atoms with E-state index in [0.717, 1.165) is 19.6 Å². The molecule has 1 rings (SSSR count). The van der Waals surface area contributed by atoms with E-state index in [1.54, 1.807) is 0 Å². The van der Waals surface area contributed by atoms with E-state index in [1.165, 1.54) is 44.9 Å². The largest absolute Gasteiger partial charge is 0.370 e. The van der Waals surface area contributed by atoms with E-state index >= 15 is 0 Å². The minimum atomic E-state index is 0.304. The number of ether oxygens (including phenoxy) is 1. The second-order valence-corrected chi connectivity index (χ2v) is 4.54. The third-order valence-corrected chi connectivity index (χ3v) is 2.82. The molecule has 0 aromatic heterocycles. The van der Waals surface area contributed by atoms with Crippen molar-refractivity contribution in [2.24, 2.45) is 0 Å². The Kier molecular flexibility index (Phi) is 8.77. The molecule has 16 heavy (non-hydrogen) atoms. The quantitative estimate of drug-likeness (QED) is 0.223. The van der Waals surface area contributed by atoms with E-state index < -0.39 is 0 Å². The van der Waals surface area contributed by atoms with Gasteiger partial charge in [0.15, 0.2) is 0 Å². The second kappa shape index (κ2) is 10.1. The lowest BCUT2D eigenvalue weighted by Gasteiger charge is -2.03. The third kappa shape index (κ3) is 9.13. The Bertz CT molecular complexity index is 146. The molecule has 0 bridgehead atoms. The average Bonchev–Trinajstić information content (AvgIpc) is 3.10. The number of hydrogen-bond donors (Lipinski definition) is 0. The highest BCUT2D eigenvalue weighted by Gasteiger charge is 2.22. The van der Waals surface area contributed by atoms with Gasteiger partial charge >= 0.3 is 0 Å². The predicted molar refractivity (Wildman–Crippen MR) is 64.3 cm³/mol. The first-order chi connectivity index (χ1) is 7.93. The van der Waals surface area contributed by atoms with Crippen LogP contribution in [0.5, 0.6) is 0 Å². The van der Waals surface area contributed by atoms with Crippen LogP contribution in [0, 0.1) is 0 Å². The summed E-state index contributed by atoms with van der Waals surface area (Å²) in [6.07, 6.45) is 10.9. The molecule has 1 saturated heterocycles. The van der Waals surface area contributed by atoms with Crippen LogP contribution in [0.15, 0.2) is 0 Å². The molecule has 0 spiro atoms. The Balaban J connectivity index is 1.61. The van der Waals surface area contributed by atoms with Gasteiger partial charge < -0.3 is 4.74 Å². The molecule has 0 aromatic rings. The van der Waals surface area contributed by atoms with Gasteiger partial charge in [-0.05, 0) is 6.42 Å². The first kappa shape index (κ1) is 13.9. The van der Waals surface area contributed by atoms with Gasteiger partial charge in [-0.3, -0.25) is 0 Å². The van der Waals surface area contributed by atoms with Crippen molar-refractivity contribution in [1.82, 2.24) is 0 Å². The Labute approximate surface area is 99.4 Å². The molecule has 1 aliphatic rings. The van der Waals surface area contributed by atoms with Crippen LogP contribution >= 0.6 is 0 Å². The highest BCUT2D eigenvalue weighted by atomic mass is 17.2. The Morgan fingerprint density at radius 2 is 1.56 bits per heavy atom. The first-order valence-corrected chi connectivity index (χ1v) is 6.79. The molecule has 0 N–H and O–H groups in total. The van der Waals surface area contributed by atoms with Gasteiger partial charge in [0.25, 0.3) is 0 Å². The van der Waals surface area contributed by atoms with Crippen LogP contribution in [0.2, 0.25) is 0 Å². The summed E-state index contributed by atoms with van der Waals surface area (Å²) in [5.74, 6) is 0. The maximum atomic E-state index is 5.05. The van der Waals surface area contributed by atoms with Crippen molar-refractivity contribution in [2.75, 3.05) is 19.8 Å². The van der Waals surface area contributed by atoms with E-state index in [4.69, 9.17) is 14.5 Å². The van der Waals surface area contributed by atoms with Crippen molar-refractivity contribution in [2.45, 2.75) is 64.4 Å². The molecule has 1 fully saturated rings. The maximum Gasteiger partial charge on any atom is 0.111 e. The summed E-state index contributed by atoms with van der Waals surface area (Å²) in [7, 11) is 0. The van der Waals surface area contributed by atoms with Gasteiger partial charge in [-0.15, -0.1) is 0 Å². The number of unbranched alkanes of at least 4 members (excludes halogenated alkanes) is 7. The molecule has 96 valence electrons. The van der Waals surface area contributed by atoms with E-state index in [2.05, 4.69) is 6.92 Å². The summed E-state index contributed by atoms with van der Waals surface area (Å²) in [4.78, 5) is 10.0. The molecular weight excluding hydrogens is 204 g/mol. The van der Waals surface area contributed by atoms with Gasteiger partial charge in [-0.25, -0.2) is 9.78 Å². The highest BCUT2D eigenvalue weighted by Crippen LogP contribution is 2.10. The van der Waals surface area contributed by atoms with Gasteiger partial charge in [-0.2, -0.15) is 0 Å². The maximum absolute atomic E-state index is 5.05. The summed E-state index contributed by atoms with van der Waals surface area (Å²) in [6, 6.07) is 0. The Hall–Kier alpha value is -0.120. The smallest absolute Gasteiger partial charge is 0.111 e. The van der Waals surface area contributed by atoms with Gasteiger partial charge in [0.05, 0.1) is 13.2 Å². The lowest BCUT2D eigenvalue weighted by Crippen LogP contribution is -2.03. The van der Waals surface area contributed by atoms with Gasteiger partial charge in [-0.1, -0.05) is 51.9 Å². The fourth-order valence-corrected chi connectivity index (χ4v) is 1.64. The van der Waals surface area contributed by atoms with Crippen LogP contribution in [-0.4, -0.2) is 25.9 Å². The molecule has 1 aliphatic heterocycles. The zero-order valence-electron chi connectivity index (χ0n) is 10.6. The van der Waals surface area contributed by atoms with Crippen molar-refractivity contribution >= 4 is 0 Å². The van der Waals surface area contributed by atoms with Crippen LogP contribution in [0.4, 0.5) is 0 Å². The molecule has 1 heterocycles. The zero-order valence-corrected chi connectivity index (χ0v) is 10.6. The Morgan fingerprint density at radius 1 is 0.938 bits per heavy atom. The molecule has 1 atom stereocenters. The molecule has 3 nitrogen and oxygen atoms in total. The molecule has 0 radical (unpaired) electrons. The molecule has 0 aromatic carbocycles. The lowest BCUT2D eigenvalue weighted by atomic mass is 10.1. The number of hydrogen-bond acceptors (Lipinski definition) is 3. The fraction of sp³-hybridized carbons (Fsp3) is 1.00. The van der Waals surface area contributed by atoms with Crippen LogP contribution in [0.25, 0.3) is 0 Å². The number of epoxide rings is 1. The zero-order chi connectivity index (χ0) is 11.5. The molecule has 0 saturated carbocycles. The van der Waals surface area contributed by atoms with E-state index in [9.17, 15) is 0 Å². The number of rotatable bonds is 12. The van der Waals surface area contributed by atoms with E-state index in [-0.39, 0.29) is 0 Å². The summed E-state index contributed by atoms with van der Waals surface area (Å²) in [5.41, 5.74) is 0. The molecular formula is C13H26O3. The molecule has 0 aliphatic carbocycles. The standard InChI is InChI=1S/C13H26O3/c1-2-3-4-5-6-7-8-9-10-15-16-12-13-11-14-13/h13H,2-12H2,1H3. The summed E-state index contributed by atoms with van der Waals surface area (Å²) in [5, 5.41) is 0. The van der Waals surface area contributed by atoms with E-state index in [1.807, 2.05) is 0 Å². The SMILES string of the molecule is CCCCCCCCCCOOCC1CO1. The normalized spacial score (nSPS) is 18.9. The summed E-state index contributed by atoms with van der Waals surface area (Å²) < 4.78 is 5.00. The summed E-state index contributed by atoms with van der Waals surface area (Å²) >= 11 is 0. The van der Waals surface area contributed by atoms with Gasteiger partial charge in [0.1, 0.15) is 12.7 Å². The van der Waals surface area contributed by atoms with Gasteiger partial charge in [0.2, 0.25) is 0 Å².